The molecule has 1 unspecified atom stereocenters. The molecule has 1 atom stereocenters. The summed E-state index contributed by atoms with van der Waals surface area (Å²) in [4.78, 5) is 12.0. The summed E-state index contributed by atoms with van der Waals surface area (Å²) < 4.78 is 0. The zero-order valence-corrected chi connectivity index (χ0v) is 11.0. The molecule has 3 N–H and O–H groups in total. The average molecular weight is 242 g/mol. The van der Waals surface area contributed by atoms with Crippen LogP contribution >= 0.6 is 12.2 Å². The van der Waals surface area contributed by atoms with Gasteiger partial charge in [0.2, 0.25) is 5.91 Å². The molecule has 0 aliphatic heterocycles. The lowest BCUT2D eigenvalue weighted by Crippen LogP contribution is -2.41. The van der Waals surface area contributed by atoms with E-state index in [1.54, 1.807) is 6.92 Å². The Hall–Kier alpha value is -0.640. The van der Waals surface area contributed by atoms with Crippen LogP contribution in [0.1, 0.15) is 46.0 Å². The number of nitrogens with one attached hydrogen (secondary N) is 1. The molecule has 0 aromatic carbocycles. The van der Waals surface area contributed by atoms with E-state index in [0.29, 0.717) is 5.41 Å². The molecule has 1 aliphatic carbocycles. The van der Waals surface area contributed by atoms with Crippen LogP contribution in [-0.4, -0.2) is 17.4 Å². The van der Waals surface area contributed by atoms with Crippen molar-refractivity contribution in [1.29, 1.82) is 0 Å². The van der Waals surface area contributed by atoms with Gasteiger partial charge in [-0.15, -0.1) is 0 Å². The van der Waals surface area contributed by atoms with E-state index in [0.717, 1.165) is 13.0 Å². The van der Waals surface area contributed by atoms with E-state index >= 15 is 0 Å². The maximum Gasteiger partial charge on any atom is 0.229 e. The molecule has 0 saturated heterocycles. The normalized spacial score (nSPS) is 20.4. The minimum atomic E-state index is -0.356. The predicted octanol–water partition coefficient (Wildman–Crippen LogP) is 2.00. The van der Waals surface area contributed by atoms with Gasteiger partial charge in [-0.05, 0) is 31.6 Å². The molecule has 1 fully saturated rings. The Morgan fingerprint density at radius 3 is 2.50 bits per heavy atom. The number of carbonyl (C=O) groups is 1. The van der Waals surface area contributed by atoms with Crippen LogP contribution < -0.4 is 11.1 Å². The van der Waals surface area contributed by atoms with Gasteiger partial charge >= 0.3 is 0 Å². The second-order valence-electron chi connectivity index (χ2n) is 4.90. The fourth-order valence-electron chi connectivity index (χ4n) is 2.34. The van der Waals surface area contributed by atoms with Gasteiger partial charge in [0.15, 0.2) is 0 Å². The number of carbonyl (C=O) groups excluding carboxylic acids is 1. The van der Waals surface area contributed by atoms with Gasteiger partial charge in [0.05, 0.1) is 10.9 Å². The lowest BCUT2D eigenvalue weighted by molar-refractivity contribution is -0.123. The molecule has 92 valence electrons. The predicted molar refractivity (Wildman–Crippen MR) is 70.2 cm³/mol. The maximum atomic E-state index is 11.7. The molecule has 0 radical (unpaired) electrons. The van der Waals surface area contributed by atoms with Crippen LogP contribution in [0.2, 0.25) is 0 Å². The molecule has 1 amide bonds. The highest BCUT2D eigenvalue weighted by atomic mass is 32.1. The number of hydrogen-bond donors (Lipinski definition) is 2. The first-order valence-corrected chi connectivity index (χ1v) is 6.48. The zero-order chi connectivity index (χ0) is 12.2. The van der Waals surface area contributed by atoms with Crippen molar-refractivity contribution in [3.8, 4) is 0 Å². The number of amides is 1. The fraction of sp³-hybridized carbons (Fsp3) is 0.833. The first-order valence-electron chi connectivity index (χ1n) is 6.08. The highest BCUT2D eigenvalue weighted by Gasteiger charge is 2.32. The first kappa shape index (κ1) is 13.4. The third-order valence-electron chi connectivity index (χ3n) is 3.87. The topological polar surface area (TPSA) is 55.1 Å². The zero-order valence-electron chi connectivity index (χ0n) is 10.2. The number of hydrogen-bond acceptors (Lipinski definition) is 2. The maximum absolute atomic E-state index is 11.7. The summed E-state index contributed by atoms with van der Waals surface area (Å²) in [7, 11) is 0. The summed E-state index contributed by atoms with van der Waals surface area (Å²) in [6.45, 7) is 4.73. The van der Waals surface area contributed by atoms with E-state index in [4.69, 9.17) is 18.0 Å². The van der Waals surface area contributed by atoms with Crippen molar-refractivity contribution in [2.45, 2.75) is 46.0 Å². The number of nitrogens with two attached hydrogens (primary N) is 1. The molecule has 0 bridgehead atoms. The van der Waals surface area contributed by atoms with Crippen molar-refractivity contribution in [3.63, 3.8) is 0 Å². The van der Waals surface area contributed by atoms with Crippen molar-refractivity contribution in [3.05, 3.63) is 0 Å². The van der Waals surface area contributed by atoms with Gasteiger partial charge < -0.3 is 11.1 Å². The van der Waals surface area contributed by atoms with Crippen LogP contribution in [0.25, 0.3) is 0 Å². The number of rotatable bonds is 5. The van der Waals surface area contributed by atoms with E-state index in [-0.39, 0.29) is 16.8 Å². The molecule has 1 aliphatic rings. The van der Waals surface area contributed by atoms with Crippen LogP contribution in [0.3, 0.4) is 0 Å². The summed E-state index contributed by atoms with van der Waals surface area (Å²) in [6, 6.07) is 0. The Morgan fingerprint density at radius 1 is 1.50 bits per heavy atom. The van der Waals surface area contributed by atoms with Gasteiger partial charge in [-0.2, -0.15) is 0 Å². The summed E-state index contributed by atoms with van der Waals surface area (Å²) in [6.07, 6.45) is 6.16. The first-order chi connectivity index (χ1) is 7.51. The van der Waals surface area contributed by atoms with Gasteiger partial charge in [-0.3, -0.25) is 4.79 Å². The second-order valence-corrected chi connectivity index (χ2v) is 5.37. The molecule has 1 saturated carbocycles. The highest BCUT2D eigenvalue weighted by Crippen LogP contribution is 2.40. The van der Waals surface area contributed by atoms with Crippen LogP contribution in [0.15, 0.2) is 0 Å². The molecular formula is C12H22N2OS. The Kier molecular flexibility index (Phi) is 4.71. The van der Waals surface area contributed by atoms with E-state index in [1.807, 2.05) is 0 Å². The van der Waals surface area contributed by atoms with Gasteiger partial charge in [0, 0.05) is 6.54 Å². The van der Waals surface area contributed by atoms with Crippen LogP contribution in [-0.2, 0) is 4.79 Å². The largest absolute Gasteiger partial charge is 0.393 e. The van der Waals surface area contributed by atoms with Crippen molar-refractivity contribution < 1.29 is 4.79 Å². The molecular weight excluding hydrogens is 220 g/mol. The average Bonchev–Trinajstić information content (AvgIpc) is 2.74. The third kappa shape index (κ3) is 3.17. The van der Waals surface area contributed by atoms with Gasteiger partial charge in [0.25, 0.3) is 0 Å². The van der Waals surface area contributed by atoms with Crippen LogP contribution in [0.4, 0.5) is 0 Å². The van der Waals surface area contributed by atoms with Crippen molar-refractivity contribution in [1.82, 2.24) is 5.32 Å². The monoisotopic (exact) mass is 242 g/mol. The second kappa shape index (κ2) is 5.62. The molecule has 4 heteroatoms. The fourth-order valence-corrected chi connectivity index (χ4v) is 2.44. The Balaban J connectivity index is 2.44. The summed E-state index contributed by atoms with van der Waals surface area (Å²) in [5.74, 6) is -0.391. The molecule has 0 heterocycles. The Bertz CT molecular complexity index is 272. The SMILES string of the molecule is CCC1(CNC(=O)C(C)C(N)=S)CCCC1. The lowest BCUT2D eigenvalue weighted by Gasteiger charge is -2.28. The lowest BCUT2D eigenvalue weighted by atomic mass is 9.83. The minimum Gasteiger partial charge on any atom is -0.393 e. The number of thiocarbonyl (C=S) groups is 1. The van der Waals surface area contributed by atoms with Crippen molar-refractivity contribution in [2.75, 3.05) is 6.54 Å². The highest BCUT2D eigenvalue weighted by molar-refractivity contribution is 7.80. The van der Waals surface area contributed by atoms with Crippen LogP contribution in [0.5, 0.6) is 0 Å². The van der Waals surface area contributed by atoms with Crippen molar-refractivity contribution >= 4 is 23.1 Å². The standard InChI is InChI=1S/C12H22N2OS/c1-3-12(6-4-5-7-12)8-14-11(15)9(2)10(13)16/h9H,3-8H2,1-2H3,(H2,13,16)(H,14,15). The Morgan fingerprint density at radius 2 is 2.06 bits per heavy atom. The summed E-state index contributed by atoms with van der Waals surface area (Å²) >= 11 is 4.82. The minimum absolute atomic E-state index is 0.0350. The van der Waals surface area contributed by atoms with E-state index < -0.39 is 0 Å². The van der Waals surface area contributed by atoms with Crippen LogP contribution in [0, 0.1) is 11.3 Å². The van der Waals surface area contributed by atoms with E-state index in [9.17, 15) is 4.79 Å². The molecule has 1 rings (SSSR count). The molecule has 0 spiro atoms. The summed E-state index contributed by atoms with van der Waals surface area (Å²) in [5.41, 5.74) is 5.78. The quantitative estimate of drug-likeness (QED) is 0.725. The smallest absolute Gasteiger partial charge is 0.229 e. The third-order valence-corrected chi connectivity index (χ3v) is 4.23. The summed E-state index contributed by atoms with van der Waals surface area (Å²) in [5, 5.41) is 2.99. The van der Waals surface area contributed by atoms with E-state index in [2.05, 4.69) is 12.2 Å². The molecule has 0 aromatic heterocycles. The molecule has 16 heavy (non-hydrogen) atoms. The Labute approximate surface area is 103 Å². The molecule has 3 nitrogen and oxygen atoms in total. The van der Waals surface area contributed by atoms with Gasteiger partial charge in [-0.25, -0.2) is 0 Å². The van der Waals surface area contributed by atoms with Gasteiger partial charge in [0.1, 0.15) is 0 Å². The van der Waals surface area contributed by atoms with E-state index in [1.165, 1.54) is 25.7 Å². The van der Waals surface area contributed by atoms with Crippen molar-refractivity contribution in [2.24, 2.45) is 17.1 Å². The molecule has 0 aromatic rings. The van der Waals surface area contributed by atoms with Gasteiger partial charge in [-0.1, -0.05) is 32.0 Å².